The third-order valence-corrected chi connectivity index (χ3v) is 5.76. The van der Waals surface area contributed by atoms with Crippen LogP contribution in [0.1, 0.15) is 12.5 Å². The van der Waals surface area contributed by atoms with Crippen molar-refractivity contribution in [2.75, 3.05) is 11.9 Å². The van der Waals surface area contributed by atoms with Crippen molar-refractivity contribution in [2.24, 2.45) is 0 Å². The molecule has 3 aromatic carbocycles. The van der Waals surface area contributed by atoms with E-state index in [2.05, 4.69) is 26.6 Å². The third kappa shape index (κ3) is 4.09. The highest BCUT2D eigenvalue weighted by Gasteiger charge is 2.49. The summed E-state index contributed by atoms with van der Waals surface area (Å²) < 4.78 is 0.794. The van der Waals surface area contributed by atoms with Gasteiger partial charge in [-0.25, -0.2) is 4.79 Å². The van der Waals surface area contributed by atoms with E-state index < -0.39 is 23.4 Å². The van der Waals surface area contributed by atoms with Crippen molar-refractivity contribution in [3.8, 4) is 11.1 Å². The molecule has 1 atom stereocenters. The van der Waals surface area contributed by atoms with Crippen molar-refractivity contribution in [1.82, 2.24) is 10.2 Å². The number of amides is 4. The molecule has 0 aromatic heterocycles. The van der Waals surface area contributed by atoms with Gasteiger partial charge in [0, 0.05) is 15.7 Å². The number of imide groups is 1. The Morgan fingerprint density at radius 1 is 1.00 bits per heavy atom. The van der Waals surface area contributed by atoms with Crippen LogP contribution >= 0.6 is 15.9 Å². The van der Waals surface area contributed by atoms with Crippen LogP contribution in [0.2, 0.25) is 0 Å². The minimum atomic E-state index is -1.23. The van der Waals surface area contributed by atoms with Gasteiger partial charge in [-0.1, -0.05) is 76.6 Å². The first-order valence-electron chi connectivity index (χ1n) is 9.73. The van der Waals surface area contributed by atoms with Gasteiger partial charge in [-0.15, -0.1) is 0 Å². The summed E-state index contributed by atoms with van der Waals surface area (Å²) in [5.41, 5.74) is 1.82. The first kappa shape index (κ1) is 20.8. The molecule has 0 aliphatic carbocycles. The average Bonchev–Trinajstić information content (AvgIpc) is 2.99. The molecule has 156 valence electrons. The number of anilines is 1. The van der Waals surface area contributed by atoms with Gasteiger partial charge >= 0.3 is 6.03 Å². The molecule has 0 radical (unpaired) electrons. The molecular weight excluding hydrogens is 458 g/mol. The smallest absolute Gasteiger partial charge is 0.324 e. The Morgan fingerprint density at radius 2 is 1.71 bits per heavy atom. The Morgan fingerprint density at radius 3 is 2.45 bits per heavy atom. The summed E-state index contributed by atoms with van der Waals surface area (Å²) in [6.45, 7) is 1.26. The molecular formula is C24H20BrN3O3. The van der Waals surface area contributed by atoms with Crippen molar-refractivity contribution in [1.29, 1.82) is 0 Å². The van der Waals surface area contributed by atoms with Crippen molar-refractivity contribution in [3.63, 3.8) is 0 Å². The van der Waals surface area contributed by atoms with Crippen LogP contribution in [0, 0.1) is 0 Å². The molecule has 1 saturated heterocycles. The number of nitrogens with one attached hydrogen (secondary N) is 2. The molecule has 7 heteroatoms. The monoisotopic (exact) mass is 477 g/mol. The van der Waals surface area contributed by atoms with Crippen molar-refractivity contribution in [3.05, 3.63) is 88.9 Å². The normalized spacial score (nSPS) is 18.1. The van der Waals surface area contributed by atoms with Crippen LogP contribution < -0.4 is 10.6 Å². The fourth-order valence-electron chi connectivity index (χ4n) is 3.63. The molecule has 1 aliphatic rings. The lowest BCUT2D eigenvalue weighted by Crippen LogP contribution is -2.42. The number of rotatable bonds is 5. The van der Waals surface area contributed by atoms with Gasteiger partial charge in [-0.2, -0.15) is 0 Å². The van der Waals surface area contributed by atoms with Crippen molar-refractivity contribution < 1.29 is 14.4 Å². The first-order chi connectivity index (χ1) is 14.9. The minimum absolute atomic E-state index is 0.378. The van der Waals surface area contributed by atoms with Crippen molar-refractivity contribution >= 4 is 39.5 Å². The van der Waals surface area contributed by atoms with Gasteiger partial charge in [0.15, 0.2) is 0 Å². The summed E-state index contributed by atoms with van der Waals surface area (Å²) in [7, 11) is 0. The molecule has 0 spiro atoms. The summed E-state index contributed by atoms with van der Waals surface area (Å²) in [5.74, 6) is -0.924. The van der Waals surface area contributed by atoms with Gasteiger partial charge in [-0.3, -0.25) is 14.5 Å². The maximum Gasteiger partial charge on any atom is 0.325 e. The summed E-state index contributed by atoms with van der Waals surface area (Å²) >= 11 is 3.39. The Balaban J connectivity index is 1.53. The minimum Gasteiger partial charge on any atom is -0.324 e. The number of urea groups is 1. The Labute approximate surface area is 188 Å². The van der Waals surface area contributed by atoms with Gasteiger partial charge < -0.3 is 10.6 Å². The number of carbonyl (C=O) groups is 3. The molecule has 6 nitrogen and oxygen atoms in total. The molecule has 1 heterocycles. The summed E-state index contributed by atoms with van der Waals surface area (Å²) in [4.78, 5) is 39.3. The highest BCUT2D eigenvalue weighted by Crippen LogP contribution is 2.31. The second kappa shape index (κ2) is 8.35. The first-order valence-corrected chi connectivity index (χ1v) is 10.5. The quantitative estimate of drug-likeness (QED) is 0.530. The number of para-hydroxylation sites is 1. The van der Waals surface area contributed by atoms with E-state index in [1.165, 1.54) is 0 Å². The van der Waals surface area contributed by atoms with Gasteiger partial charge in [0.25, 0.3) is 5.91 Å². The lowest BCUT2D eigenvalue weighted by atomic mass is 9.92. The highest BCUT2D eigenvalue weighted by molar-refractivity contribution is 9.10. The molecule has 31 heavy (non-hydrogen) atoms. The van der Waals surface area contributed by atoms with E-state index in [9.17, 15) is 14.4 Å². The van der Waals surface area contributed by atoms with E-state index in [1.807, 2.05) is 54.6 Å². The Hall–Kier alpha value is -3.45. The van der Waals surface area contributed by atoms with Gasteiger partial charge in [-0.05, 0) is 36.2 Å². The standard InChI is InChI=1S/C24H20BrN3O3/c1-24(17-10-7-11-18(25)14-17)22(30)28(23(31)27-24)15-21(29)26-20-13-6-5-12-19(20)16-8-3-2-4-9-16/h2-14H,15H2,1H3,(H,26,29)(H,27,31)/t24-/m0/s1. The number of halogens is 1. The van der Waals surface area contributed by atoms with Crippen LogP contribution in [0.4, 0.5) is 10.5 Å². The topological polar surface area (TPSA) is 78.5 Å². The van der Waals surface area contributed by atoms with Crippen LogP contribution in [0.3, 0.4) is 0 Å². The number of benzene rings is 3. The second-order valence-electron chi connectivity index (χ2n) is 7.42. The zero-order valence-electron chi connectivity index (χ0n) is 16.8. The molecule has 1 fully saturated rings. The fraction of sp³-hybridized carbons (Fsp3) is 0.125. The lowest BCUT2D eigenvalue weighted by molar-refractivity contribution is -0.133. The molecule has 2 N–H and O–H groups in total. The number of nitrogens with zero attached hydrogens (tertiary/aromatic N) is 1. The summed E-state index contributed by atoms with van der Waals surface area (Å²) in [6, 6.07) is 23.6. The molecule has 0 saturated carbocycles. The van der Waals surface area contributed by atoms with Gasteiger partial charge in [0.05, 0.1) is 0 Å². The summed E-state index contributed by atoms with van der Waals surface area (Å²) in [5, 5.41) is 5.55. The maximum absolute atomic E-state index is 13.1. The second-order valence-corrected chi connectivity index (χ2v) is 8.33. The van der Waals surface area contributed by atoms with Crippen LogP contribution in [0.25, 0.3) is 11.1 Å². The van der Waals surface area contributed by atoms with E-state index in [4.69, 9.17) is 0 Å². The SMILES string of the molecule is C[C@@]1(c2cccc(Br)c2)NC(=O)N(CC(=O)Nc2ccccc2-c2ccccc2)C1=O. The molecule has 0 unspecified atom stereocenters. The molecule has 4 rings (SSSR count). The van der Waals surface area contributed by atoms with E-state index in [-0.39, 0.29) is 6.54 Å². The molecule has 3 aromatic rings. The number of hydrogen-bond donors (Lipinski definition) is 2. The lowest BCUT2D eigenvalue weighted by Gasteiger charge is -2.22. The Bertz CT molecular complexity index is 1170. The van der Waals surface area contributed by atoms with Crippen molar-refractivity contribution in [2.45, 2.75) is 12.5 Å². The van der Waals surface area contributed by atoms with E-state index in [0.717, 1.165) is 20.5 Å². The average molecular weight is 478 g/mol. The molecule has 0 bridgehead atoms. The zero-order valence-corrected chi connectivity index (χ0v) is 18.3. The Kier molecular flexibility index (Phi) is 5.61. The maximum atomic E-state index is 13.1. The van der Waals surface area contributed by atoms with E-state index in [0.29, 0.717) is 11.3 Å². The highest BCUT2D eigenvalue weighted by atomic mass is 79.9. The molecule has 1 aliphatic heterocycles. The van der Waals surface area contributed by atoms with E-state index >= 15 is 0 Å². The largest absolute Gasteiger partial charge is 0.325 e. The predicted octanol–water partition coefficient (Wildman–Crippen LogP) is 4.52. The van der Waals surface area contributed by atoms with Crippen LogP contribution in [0.15, 0.2) is 83.3 Å². The molecule has 4 amide bonds. The van der Waals surface area contributed by atoms with Crippen LogP contribution in [-0.2, 0) is 15.1 Å². The van der Waals surface area contributed by atoms with Crippen LogP contribution in [-0.4, -0.2) is 29.3 Å². The third-order valence-electron chi connectivity index (χ3n) is 5.26. The van der Waals surface area contributed by atoms with Gasteiger partial charge in [0.2, 0.25) is 5.91 Å². The number of hydrogen-bond acceptors (Lipinski definition) is 3. The van der Waals surface area contributed by atoms with Gasteiger partial charge in [0.1, 0.15) is 12.1 Å². The predicted molar refractivity (Wildman–Crippen MR) is 122 cm³/mol. The number of carbonyl (C=O) groups excluding carboxylic acids is 3. The van der Waals surface area contributed by atoms with Crippen LogP contribution in [0.5, 0.6) is 0 Å². The summed E-state index contributed by atoms with van der Waals surface area (Å²) in [6.07, 6.45) is 0. The fourth-order valence-corrected chi connectivity index (χ4v) is 4.03. The zero-order chi connectivity index (χ0) is 22.0. The van der Waals surface area contributed by atoms with E-state index in [1.54, 1.807) is 31.2 Å².